The van der Waals surface area contributed by atoms with E-state index in [4.69, 9.17) is 0 Å². The van der Waals surface area contributed by atoms with Gasteiger partial charge in [-0.15, -0.1) is 0 Å². The Morgan fingerprint density at radius 3 is 2.71 bits per heavy atom. The van der Waals surface area contributed by atoms with E-state index in [-0.39, 0.29) is 11.3 Å². The van der Waals surface area contributed by atoms with Crippen molar-refractivity contribution < 1.29 is 14.3 Å². The van der Waals surface area contributed by atoms with Gasteiger partial charge < -0.3 is 5.32 Å². The predicted molar refractivity (Wildman–Crippen MR) is 72.9 cm³/mol. The van der Waals surface area contributed by atoms with E-state index in [2.05, 4.69) is 20.3 Å². The van der Waals surface area contributed by atoms with Gasteiger partial charge in [0, 0.05) is 11.8 Å². The van der Waals surface area contributed by atoms with Crippen LogP contribution in [0.1, 0.15) is 10.4 Å². The molecule has 0 spiro atoms. The number of aromatic nitrogens is 2. The monoisotopic (exact) mass is 284 g/mol. The second-order valence-corrected chi connectivity index (χ2v) is 4.20. The fraction of sp³-hybridized carbons (Fsp3) is 0. The lowest BCUT2D eigenvalue weighted by Gasteiger charge is -2.05. The first-order chi connectivity index (χ1) is 10.1. The lowest BCUT2D eigenvalue weighted by molar-refractivity contribution is -0.385. The van der Waals surface area contributed by atoms with Crippen LogP contribution in [-0.2, 0) is 0 Å². The first-order valence-electron chi connectivity index (χ1n) is 5.92. The molecule has 2 aromatic carbocycles. The molecule has 1 N–H and O–H groups in total. The number of nitro benzene ring substituents is 1. The number of hydrogen-bond acceptors (Lipinski definition) is 6. The average Bonchev–Trinajstić information content (AvgIpc) is 2.94. The number of fused-ring (bicyclic) bond motifs is 1. The molecule has 0 fully saturated rings. The number of benzene rings is 2. The molecule has 0 saturated carbocycles. The first-order valence-corrected chi connectivity index (χ1v) is 5.92. The van der Waals surface area contributed by atoms with Gasteiger partial charge in [0.15, 0.2) is 0 Å². The maximum atomic E-state index is 12.1. The molecule has 0 bridgehead atoms. The molecule has 8 nitrogen and oxygen atoms in total. The topological polar surface area (TPSA) is 111 Å². The number of rotatable bonds is 3. The van der Waals surface area contributed by atoms with Crippen molar-refractivity contribution in [1.82, 2.24) is 10.3 Å². The Hall–Kier alpha value is -3.29. The Bertz CT molecular complexity index is 843. The van der Waals surface area contributed by atoms with Crippen molar-refractivity contribution >= 4 is 28.3 Å². The van der Waals surface area contributed by atoms with Gasteiger partial charge in [-0.2, -0.15) is 0 Å². The van der Waals surface area contributed by atoms with Crippen molar-refractivity contribution in [2.45, 2.75) is 0 Å². The summed E-state index contributed by atoms with van der Waals surface area (Å²) in [5, 5.41) is 20.8. The molecule has 0 aliphatic rings. The highest BCUT2D eigenvalue weighted by Gasteiger charge is 2.19. The van der Waals surface area contributed by atoms with Crippen LogP contribution in [0.2, 0.25) is 0 Å². The summed E-state index contributed by atoms with van der Waals surface area (Å²) in [4.78, 5) is 22.5. The van der Waals surface area contributed by atoms with E-state index in [9.17, 15) is 14.9 Å². The second kappa shape index (κ2) is 5.00. The van der Waals surface area contributed by atoms with E-state index in [1.807, 2.05) is 0 Å². The number of hydrogen-bond donors (Lipinski definition) is 1. The summed E-state index contributed by atoms with van der Waals surface area (Å²) in [7, 11) is 0. The van der Waals surface area contributed by atoms with Gasteiger partial charge >= 0.3 is 0 Å². The number of amides is 1. The largest absolute Gasteiger partial charge is 0.322 e. The SMILES string of the molecule is O=C(Nc1ccc2nonc2c1)c1ccccc1[N+](=O)[O-]. The zero-order valence-electron chi connectivity index (χ0n) is 10.5. The summed E-state index contributed by atoms with van der Waals surface area (Å²) in [6.07, 6.45) is 0. The number of nitro groups is 1. The van der Waals surface area contributed by atoms with Crippen LogP contribution in [0.5, 0.6) is 0 Å². The zero-order valence-corrected chi connectivity index (χ0v) is 10.5. The van der Waals surface area contributed by atoms with Gasteiger partial charge in [-0.1, -0.05) is 12.1 Å². The molecule has 8 heteroatoms. The molecule has 0 unspecified atom stereocenters. The Morgan fingerprint density at radius 2 is 1.90 bits per heavy atom. The van der Waals surface area contributed by atoms with E-state index in [0.717, 1.165) is 0 Å². The summed E-state index contributed by atoms with van der Waals surface area (Å²) in [5.74, 6) is -0.571. The Labute approximate surface area is 117 Å². The summed E-state index contributed by atoms with van der Waals surface area (Å²) in [6.45, 7) is 0. The Balaban J connectivity index is 1.91. The van der Waals surface area contributed by atoms with Crippen LogP contribution in [-0.4, -0.2) is 21.1 Å². The molecule has 21 heavy (non-hydrogen) atoms. The molecule has 0 atom stereocenters. The quantitative estimate of drug-likeness (QED) is 0.583. The van der Waals surface area contributed by atoms with E-state index in [1.54, 1.807) is 24.3 Å². The van der Waals surface area contributed by atoms with Crippen molar-refractivity contribution in [1.29, 1.82) is 0 Å². The maximum absolute atomic E-state index is 12.1. The Morgan fingerprint density at radius 1 is 1.14 bits per heavy atom. The van der Waals surface area contributed by atoms with Gasteiger partial charge in [0.25, 0.3) is 11.6 Å². The molecule has 1 aromatic heterocycles. The minimum Gasteiger partial charge on any atom is -0.322 e. The molecule has 104 valence electrons. The third kappa shape index (κ3) is 2.41. The highest BCUT2D eigenvalue weighted by Crippen LogP contribution is 2.21. The van der Waals surface area contributed by atoms with Crippen molar-refractivity contribution in [3.63, 3.8) is 0 Å². The van der Waals surface area contributed by atoms with Gasteiger partial charge in [-0.25, -0.2) is 4.63 Å². The van der Waals surface area contributed by atoms with Gasteiger partial charge in [-0.3, -0.25) is 14.9 Å². The van der Waals surface area contributed by atoms with Crippen LogP contribution in [0.15, 0.2) is 47.1 Å². The lowest BCUT2D eigenvalue weighted by Crippen LogP contribution is -2.13. The van der Waals surface area contributed by atoms with Crippen LogP contribution in [0.25, 0.3) is 11.0 Å². The molecular weight excluding hydrogens is 276 g/mol. The molecule has 0 aliphatic carbocycles. The summed E-state index contributed by atoms with van der Waals surface area (Å²) < 4.78 is 4.56. The minimum absolute atomic E-state index is 0.0131. The average molecular weight is 284 g/mol. The van der Waals surface area contributed by atoms with Gasteiger partial charge in [0.1, 0.15) is 16.6 Å². The minimum atomic E-state index is -0.598. The summed E-state index contributed by atoms with van der Waals surface area (Å²) in [6, 6.07) is 10.5. The van der Waals surface area contributed by atoms with Crippen LogP contribution in [0, 0.1) is 10.1 Å². The van der Waals surface area contributed by atoms with E-state index >= 15 is 0 Å². The van der Waals surface area contributed by atoms with Gasteiger partial charge in [-0.05, 0) is 34.6 Å². The van der Waals surface area contributed by atoms with Crippen molar-refractivity contribution in [2.24, 2.45) is 0 Å². The molecular formula is C13H8N4O4. The molecule has 1 amide bonds. The van der Waals surface area contributed by atoms with Crippen molar-refractivity contribution in [3.05, 3.63) is 58.1 Å². The first kappa shape index (κ1) is 12.7. The molecule has 1 heterocycles. The summed E-state index contributed by atoms with van der Waals surface area (Å²) >= 11 is 0. The van der Waals surface area contributed by atoms with Crippen LogP contribution < -0.4 is 5.32 Å². The third-order valence-electron chi connectivity index (χ3n) is 2.86. The van der Waals surface area contributed by atoms with Crippen LogP contribution in [0.3, 0.4) is 0 Å². The highest BCUT2D eigenvalue weighted by molar-refractivity contribution is 6.07. The standard InChI is InChI=1S/C13H8N4O4/c18-13(9-3-1-2-4-12(9)17(19)20)14-8-5-6-10-11(7-8)16-21-15-10/h1-7H,(H,14,18). The Kier molecular flexibility index (Phi) is 3.03. The number of carbonyl (C=O) groups excluding carboxylic acids is 1. The second-order valence-electron chi connectivity index (χ2n) is 4.20. The van der Waals surface area contributed by atoms with Crippen molar-refractivity contribution in [3.8, 4) is 0 Å². The number of carbonyl (C=O) groups is 1. The van der Waals surface area contributed by atoms with Gasteiger partial charge in [0.05, 0.1) is 4.92 Å². The van der Waals surface area contributed by atoms with Crippen LogP contribution in [0.4, 0.5) is 11.4 Å². The van der Waals surface area contributed by atoms with E-state index in [1.165, 1.54) is 18.2 Å². The fourth-order valence-corrected chi connectivity index (χ4v) is 1.88. The zero-order chi connectivity index (χ0) is 14.8. The van der Waals surface area contributed by atoms with E-state index in [0.29, 0.717) is 16.7 Å². The molecule has 3 rings (SSSR count). The molecule has 0 radical (unpaired) electrons. The van der Waals surface area contributed by atoms with E-state index < -0.39 is 10.8 Å². The van der Waals surface area contributed by atoms with Crippen molar-refractivity contribution in [2.75, 3.05) is 5.32 Å². The number of nitrogens with one attached hydrogen (secondary N) is 1. The number of nitrogens with zero attached hydrogens (tertiary/aromatic N) is 3. The predicted octanol–water partition coefficient (Wildman–Crippen LogP) is 2.38. The van der Waals surface area contributed by atoms with Crippen LogP contribution >= 0.6 is 0 Å². The number of anilines is 1. The van der Waals surface area contributed by atoms with Gasteiger partial charge in [0.2, 0.25) is 0 Å². The lowest BCUT2D eigenvalue weighted by atomic mass is 10.1. The maximum Gasteiger partial charge on any atom is 0.282 e. The molecule has 0 saturated heterocycles. The fourth-order valence-electron chi connectivity index (χ4n) is 1.88. The molecule has 0 aliphatic heterocycles. The third-order valence-corrected chi connectivity index (χ3v) is 2.86. The highest BCUT2D eigenvalue weighted by atomic mass is 16.6. The molecule has 3 aromatic rings. The number of para-hydroxylation sites is 1. The smallest absolute Gasteiger partial charge is 0.282 e. The normalized spacial score (nSPS) is 10.5. The summed E-state index contributed by atoms with van der Waals surface area (Å²) in [5.41, 5.74) is 1.22.